The summed E-state index contributed by atoms with van der Waals surface area (Å²) in [5, 5.41) is 6.63. The van der Waals surface area contributed by atoms with Crippen molar-refractivity contribution in [2.45, 2.75) is 20.0 Å². The predicted molar refractivity (Wildman–Crippen MR) is 94.5 cm³/mol. The summed E-state index contributed by atoms with van der Waals surface area (Å²) in [4.78, 5) is 12.4. The molecular formula is C20H19FN2O3. The number of carbonyl (C=O) groups is 1. The van der Waals surface area contributed by atoms with E-state index in [-0.39, 0.29) is 24.0 Å². The number of benzene rings is 2. The summed E-state index contributed by atoms with van der Waals surface area (Å²) in [7, 11) is 0. The van der Waals surface area contributed by atoms with E-state index in [1.165, 1.54) is 12.1 Å². The molecule has 1 N–H and O–H groups in total. The number of halogens is 1. The van der Waals surface area contributed by atoms with E-state index in [2.05, 4.69) is 10.5 Å². The van der Waals surface area contributed by atoms with Gasteiger partial charge in [-0.25, -0.2) is 4.39 Å². The summed E-state index contributed by atoms with van der Waals surface area (Å²) in [5.41, 5.74) is 1.80. The van der Waals surface area contributed by atoms with E-state index in [1.54, 1.807) is 19.1 Å². The Hall–Kier alpha value is -3.15. The zero-order valence-electron chi connectivity index (χ0n) is 14.4. The van der Waals surface area contributed by atoms with Crippen molar-refractivity contribution in [2.24, 2.45) is 0 Å². The Morgan fingerprint density at radius 2 is 1.88 bits per heavy atom. The van der Waals surface area contributed by atoms with Gasteiger partial charge in [-0.05, 0) is 31.0 Å². The standard InChI is InChI=1S/C20H19FN2O3/c1-14-16(13-25-18-10-6-5-9-17(18)21)19(23-26-14)20(24)22-12-11-15-7-3-2-4-8-15/h2-10H,11-13H2,1H3,(H,22,24). The third-order valence-electron chi connectivity index (χ3n) is 3.95. The number of hydrogen-bond acceptors (Lipinski definition) is 4. The van der Waals surface area contributed by atoms with Crippen molar-refractivity contribution in [1.29, 1.82) is 0 Å². The second kappa shape index (κ2) is 8.29. The summed E-state index contributed by atoms with van der Waals surface area (Å²) in [6.07, 6.45) is 0.713. The molecule has 0 fully saturated rings. The van der Waals surface area contributed by atoms with E-state index in [0.717, 1.165) is 5.56 Å². The highest BCUT2D eigenvalue weighted by Gasteiger charge is 2.20. The van der Waals surface area contributed by atoms with Gasteiger partial charge in [-0.2, -0.15) is 0 Å². The molecule has 6 heteroatoms. The van der Waals surface area contributed by atoms with Crippen LogP contribution < -0.4 is 10.1 Å². The third kappa shape index (κ3) is 4.27. The van der Waals surface area contributed by atoms with Crippen LogP contribution in [-0.2, 0) is 13.0 Å². The van der Waals surface area contributed by atoms with Crippen molar-refractivity contribution in [3.63, 3.8) is 0 Å². The number of carbonyl (C=O) groups excluding carboxylic acids is 1. The summed E-state index contributed by atoms with van der Waals surface area (Å²) >= 11 is 0. The van der Waals surface area contributed by atoms with Crippen molar-refractivity contribution >= 4 is 5.91 Å². The van der Waals surface area contributed by atoms with Gasteiger partial charge in [0.25, 0.3) is 5.91 Å². The van der Waals surface area contributed by atoms with Crippen LogP contribution in [0.2, 0.25) is 0 Å². The lowest BCUT2D eigenvalue weighted by molar-refractivity contribution is 0.0943. The maximum atomic E-state index is 13.7. The first kappa shape index (κ1) is 17.7. The highest BCUT2D eigenvalue weighted by Crippen LogP contribution is 2.20. The molecule has 0 unspecified atom stereocenters. The lowest BCUT2D eigenvalue weighted by atomic mass is 10.1. The van der Waals surface area contributed by atoms with Crippen LogP contribution in [0.25, 0.3) is 0 Å². The monoisotopic (exact) mass is 354 g/mol. The van der Waals surface area contributed by atoms with Crippen LogP contribution >= 0.6 is 0 Å². The molecule has 0 atom stereocenters. The van der Waals surface area contributed by atoms with Crippen molar-refractivity contribution in [3.05, 3.63) is 83.0 Å². The average molecular weight is 354 g/mol. The van der Waals surface area contributed by atoms with Crippen LogP contribution in [0.5, 0.6) is 5.75 Å². The molecule has 1 amide bonds. The molecule has 3 rings (SSSR count). The van der Waals surface area contributed by atoms with Crippen LogP contribution in [0, 0.1) is 12.7 Å². The molecule has 0 spiro atoms. The second-order valence-electron chi connectivity index (χ2n) is 5.78. The largest absolute Gasteiger partial charge is 0.486 e. The minimum atomic E-state index is -0.463. The van der Waals surface area contributed by atoms with E-state index in [4.69, 9.17) is 9.26 Å². The molecule has 0 bridgehead atoms. The third-order valence-corrected chi connectivity index (χ3v) is 3.95. The van der Waals surface area contributed by atoms with Crippen LogP contribution in [-0.4, -0.2) is 17.6 Å². The molecule has 0 aliphatic heterocycles. The Kier molecular flexibility index (Phi) is 5.63. The molecule has 2 aromatic carbocycles. The van der Waals surface area contributed by atoms with Gasteiger partial charge >= 0.3 is 0 Å². The highest BCUT2D eigenvalue weighted by molar-refractivity contribution is 5.93. The first-order chi connectivity index (χ1) is 12.6. The molecule has 26 heavy (non-hydrogen) atoms. The SMILES string of the molecule is Cc1onc(C(=O)NCCc2ccccc2)c1COc1ccccc1F. The van der Waals surface area contributed by atoms with Gasteiger partial charge in [-0.3, -0.25) is 4.79 Å². The number of nitrogens with one attached hydrogen (secondary N) is 1. The maximum Gasteiger partial charge on any atom is 0.273 e. The zero-order valence-corrected chi connectivity index (χ0v) is 14.4. The molecule has 1 heterocycles. The number of para-hydroxylation sites is 1. The lowest BCUT2D eigenvalue weighted by Gasteiger charge is -2.08. The van der Waals surface area contributed by atoms with E-state index in [0.29, 0.717) is 24.3 Å². The van der Waals surface area contributed by atoms with E-state index >= 15 is 0 Å². The fourth-order valence-corrected chi connectivity index (χ4v) is 2.50. The highest BCUT2D eigenvalue weighted by atomic mass is 19.1. The van der Waals surface area contributed by atoms with Crippen LogP contribution in [0.4, 0.5) is 4.39 Å². The molecule has 0 saturated carbocycles. The second-order valence-corrected chi connectivity index (χ2v) is 5.78. The van der Waals surface area contributed by atoms with Gasteiger partial charge in [0.05, 0.1) is 5.56 Å². The smallest absolute Gasteiger partial charge is 0.273 e. The van der Waals surface area contributed by atoms with Gasteiger partial charge in [0, 0.05) is 6.54 Å². The fraction of sp³-hybridized carbons (Fsp3) is 0.200. The maximum absolute atomic E-state index is 13.7. The number of aryl methyl sites for hydroxylation is 1. The summed E-state index contributed by atoms with van der Waals surface area (Å²) < 4.78 is 24.2. The average Bonchev–Trinajstić information content (AvgIpc) is 3.02. The van der Waals surface area contributed by atoms with E-state index in [1.807, 2.05) is 30.3 Å². The number of amides is 1. The van der Waals surface area contributed by atoms with Gasteiger partial charge in [0.15, 0.2) is 17.3 Å². The minimum absolute atomic E-state index is 0.00228. The number of nitrogens with zero attached hydrogens (tertiary/aromatic N) is 1. The van der Waals surface area contributed by atoms with Gasteiger partial charge < -0.3 is 14.6 Å². The van der Waals surface area contributed by atoms with Gasteiger partial charge in [0.2, 0.25) is 0 Å². The van der Waals surface area contributed by atoms with Crippen molar-refractivity contribution < 1.29 is 18.4 Å². The summed E-state index contributed by atoms with van der Waals surface area (Å²) in [5.74, 6) is -0.224. The molecule has 3 aromatic rings. The normalized spacial score (nSPS) is 10.5. The molecule has 0 radical (unpaired) electrons. The Balaban J connectivity index is 1.61. The Morgan fingerprint density at radius 3 is 2.65 bits per heavy atom. The van der Waals surface area contributed by atoms with Gasteiger partial charge in [-0.15, -0.1) is 0 Å². The minimum Gasteiger partial charge on any atom is -0.486 e. The zero-order chi connectivity index (χ0) is 18.4. The quantitative estimate of drug-likeness (QED) is 0.703. The van der Waals surface area contributed by atoms with E-state index in [9.17, 15) is 9.18 Å². The number of ether oxygens (including phenoxy) is 1. The van der Waals surface area contributed by atoms with Crippen LogP contribution in [0.1, 0.15) is 27.4 Å². The Labute approximate surface area is 150 Å². The van der Waals surface area contributed by atoms with Crippen LogP contribution in [0.3, 0.4) is 0 Å². The number of aromatic nitrogens is 1. The number of rotatable bonds is 7. The van der Waals surface area contributed by atoms with E-state index < -0.39 is 5.82 Å². The summed E-state index contributed by atoms with van der Waals surface area (Å²) in [6, 6.07) is 16.0. The molecule has 1 aromatic heterocycles. The van der Waals surface area contributed by atoms with Crippen molar-refractivity contribution in [3.8, 4) is 5.75 Å². The molecular weight excluding hydrogens is 335 g/mol. The number of hydrogen-bond donors (Lipinski definition) is 1. The predicted octanol–water partition coefficient (Wildman–Crippen LogP) is 3.67. The fourth-order valence-electron chi connectivity index (χ4n) is 2.50. The molecule has 0 saturated heterocycles. The lowest BCUT2D eigenvalue weighted by Crippen LogP contribution is -2.27. The topological polar surface area (TPSA) is 64.4 Å². The Morgan fingerprint density at radius 1 is 1.15 bits per heavy atom. The van der Waals surface area contributed by atoms with Crippen molar-refractivity contribution in [2.75, 3.05) is 6.54 Å². The van der Waals surface area contributed by atoms with Gasteiger partial charge in [0.1, 0.15) is 12.4 Å². The van der Waals surface area contributed by atoms with Crippen LogP contribution in [0.15, 0.2) is 59.1 Å². The van der Waals surface area contributed by atoms with Crippen molar-refractivity contribution in [1.82, 2.24) is 10.5 Å². The first-order valence-electron chi connectivity index (χ1n) is 8.29. The molecule has 134 valence electrons. The molecule has 0 aliphatic carbocycles. The first-order valence-corrected chi connectivity index (χ1v) is 8.29. The molecule has 5 nitrogen and oxygen atoms in total. The molecule has 0 aliphatic rings. The van der Waals surface area contributed by atoms with Gasteiger partial charge in [-0.1, -0.05) is 47.6 Å². The Bertz CT molecular complexity index is 878. The summed E-state index contributed by atoms with van der Waals surface area (Å²) in [6.45, 7) is 2.16.